The van der Waals surface area contributed by atoms with Crippen LogP contribution < -0.4 is 0 Å². The fraction of sp³-hybridized carbons (Fsp3) is 0.533. The molecule has 0 radical (unpaired) electrons. The van der Waals surface area contributed by atoms with Gasteiger partial charge < -0.3 is 10.0 Å². The summed E-state index contributed by atoms with van der Waals surface area (Å²) in [4.78, 5) is 25.2. The van der Waals surface area contributed by atoms with Crippen molar-refractivity contribution >= 4 is 11.9 Å². The van der Waals surface area contributed by atoms with Gasteiger partial charge in [-0.25, -0.2) is 4.79 Å². The van der Waals surface area contributed by atoms with E-state index in [9.17, 15) is 9.59 Å². The summed E-state index contributed by atoms with van der Waals surface area (Å²) >= 11 is 0. The number of carboxylic acids is 1. The fourth-order valence-electron chi connectivity index (χ4n) is 2.82. The molecule has 2 N–H and O–H groups in total. The Morgan fingerprint density at radius 2 is 2.17 bits per heavy atom. The first-order valence-electron chi connectivity index (χ1n) is 7.49. The summed E-state index contributed by atoms with van der Waals surface area (Å²) in [5.74, 6) is 1.45. The maximum atomic E-state index is 12.4. The van der Waals surface area contributed by atoms with Crippen molar-refractivity contribution in [1.29, 1.82) is 0 Å². The number of nitrogens with one attached hydrogen (secondary N) is 1. The van der Waals surface area contributed by atoms with Crippen molar-refractivity contribution in [2.45, 2.75) is 44.3 Å². The molecule has 1 aromatic heterocycles. The number of hydrogen-bond donors (Lipinski definition) is 2. The average molecular weight is 315 g/mol. The molecular formula is C15H17N5O3. The van der Waals surface area contributed by atoms with Crippen LogP contribution in [0.2, 0.25) is 0 Å². The standard InChI is InChI=1S/C15H17N5O3/c1-2-3-6-15(18-19-15)7-4-12(21)20-8-5-11-10(9-20)13(14(22)23)17-16-11/h1H,3-9H2,(H,16,17)(H,22,23). The summed E-state index contributed by atoms with van der Waals surface area (Å²) in [6.45, 7) is 0.830. The monoisotopic (exact) mass is 315 g/mol. The summed E-state index contributed by atoms with van der Waals surface area (Å²) in [7, 11) is 0. The van der Waals surface area contributed by atoms with Gasteiger partial charge in [-0.05, 0) is 0 Å². The van der Waals surface area contributed by atoms with E-state index in [1.54, 1.807) is 4.90 Å². The van der Waals surface area contributed by atoms with Gasteiger partial charge in [-0.15, -0.1) is 12.3 Å². The number of carbonyl (C=O) groups excluding carboxylic acids is 1. The predicted octanol–water partition coefficient (Wildman–Crippen LogP) is 1.35. The second-order valence-corrected chi connectivity index (χ2v) is 5.79. The number of carbonyl (C=O) groups is 2. The Balaban J connectivity index is 1.58. The highest BCUT2D eigenvalue weighted by Gasteiger charge is 2.40. The number of H-pyrrole nitrogens is 1. The SMILES string of the molecule is C#CCCC1(CCC(=O)N2CCc3[nH]nc(C(=O)O)c3C2)N=N1. The number of aromatic carboxylic acids is 1. The van der Waals surface area contributed by atoms with E-state index < -0.39 is 11.6 Å². The molecule has 1 aromatic rings. The van der Waals surface area contributed by atoms with Gasteiger partial charge in [0, 0.05) is 56.5 Å². The molecule has 0 aliphatic carbocycles. The van der Waals surface area contributed by atoms with Crippen molar-refractivity contribution in [3.63, 3.8) is 0 Å². The number of nitrogens with zero attached hydrogens (tertiary/aromatic N) is 4. The van der Waals surface area contributed by atoms with E-state index in [0.29, 0.717) is 44.2 Å². The number of terminal acetylenes is 1. The molecule has 0 atom stereocenters. The number of carboxylic acid groups (broad SMARTS) is 1. The first kappa shape index (κ1) is 15.2. The van der Waals surface area contributed by atoms with Gasteiger partial charge >= 0.3 is 5.97 Å². The van der Waals surface area contributed by atoms with Crippen molar-refractivity contribution in [3.8, 4) is 12.3 Å². The smallest absolute Gasteiger partial charge is 0.356 e. The lowest BCUT2D eigenvalue weighted by molar-refractivity contribution is -0.132. The van der Waals surface area contributed by atoms with Crippen LogP contribution in [0, 0.1) is 12.3 Å². The van der Waals surface area contributed by atoms with Gasteiger partial charge in [-0.1, -0.05) is 0 Å². The van der Waals surface area contributed by atoms with Crippen LogP contribution in [0.4, 0.5) is 0 Å². The minimum Gasteiger partial charge on any atom is -0.476 e. The van der Waals surface area contributed by atoms with Gasteiger partial charge in [-0.3, -0.25) is 9.89 Å². The molecule has 120 valence electrons. The van der Waals surface area contributed by atoms with Crippen molar-refractivity contribution in [1.82, 2.24) is 15.1 Å². The van der Waals surface area contributed by atoms with Gasteiger partial charge in [0.15, 0.2) is 11.4 Å². The van der Waals surface area contributed by atoms with Crippen LogP contribution in [0.5, 0.6) is 0 Å². The fourth-order valence-corrected chi connectivity index (χ4v) is 2.82. The highest BCUT2D eigenvalue weighted by atomic mass is 16.4. The highest BCUT2D eigenvalue weighted by Crippen LogP contribution is 2.37. The van der Waals surface area contributed by atoms with Crippen molar-refractivity contribution in [3.05, 3.63) is 17.0 Å². The van der Waals surface area contributed by atoms with Gasteiger partial charge in [0.05, 0.1) is 0 Å². The molecule has 0 aromatic carbocycles. The third kappa shape index (κ3) is 3.08. The Morgan fingerprint density at radius 3 is 2.83 bits per heavy atom. The van der Waals surface area contributed by atoms with Crippen LogP contribution in [0.3, 0.4) is 0 Å². The lowest BCUT2D eigenvalue weighted by atomic mass is 10.0. The second-order valence-electron chi connectivity index (χ2n) is 5.79. The van der Waals surface area contributed by atoms with Gasteiger partial charge in [0.1, 0.15) is 0 Å². The summed E-state index contributed by atoms with van der Waals surface area (Å²) in [5, 5.41) is 23.7. The van der Waals surface area contributed by atoms with Crippen molar-refractivity contribution in [2.24, 2.45) is 10.2 Å². The highest BCUT2D eigenvalue weighted by molar-refractivity contribution is 5.87. The predicted molar refractivity (Wildman–Crippen MR) is 79.6 cm³/mol. The molecule has 0 unspecified atom stereocenters. The minimum absolute atomic E-state index is 0.00446. The van der Waals surface area contributed by atoms with Gasteiger partial charge in [0.25, 0.3) is 0 Å². The maximum absolute atomic E-state index is 12.4. The summed E-state index contributed by atoms with van der Waals surface area (Å²) < 4.78 is 0. The molecule has 23 heavy (non-hydrogen) atoms. The zero-order valence-electron chi connectivity index (χ0n) is 12.6. The number of fused-ring (bicyclic) bond motifs is 1. The Hall–Kier alpha value is -2.69. The lowest BCUT2D eigenvalue weighted by Crippen LogP contribution is -2.36. The molecule has 8 heteroatoms. The maximum Gasteiger partial charge on any atom is 0.356 e. The molecule has 0 fully saturated rings. The summed E-state index contributed by atoms with van der Waals surface area (Å²) in [5.41, 5.74) is 0.921. The molecular weight excluding hydrogens is 298 g/mol. The van der Waals surface area contributed by atoms with E-state index >= 15 is 0 Å². The zero-order valence-corrected chi connectivity index (χ0v) is 12.6. The van der Waals surface area contributed by atoms with E-state index in [1.165, 1.54) is 0 Å². The van der Waals surface area contributed by atoms with Gasteiger partial charge in [-0.2, -0.15) is 15.3 Å². The number of aromatic nitrogens is 2. The van der Waals surface area contributed by atoms with Crippen molar-refractivity contribution < 1.29 is 14.7 Å². The lowest BCUT2D eigenvalue weighted by Gasteiger charge is -2.27. The summed E-state index contributed by atoms with van der Waals surface area (Å²) in [6, 6.07) is 0. The Labute approximate surface area is 133 Å². The van der Waals surface area contributed by atoms with Gasteiger partial charge in [0.2, 0.25) is 5.91 Å². The first-order valence-corrected chi connectivity index (χ1v) is 7.49. The Kier molecular flexibility index (Phi) is 3.86. The molecule has 3 rings (SSSR count). The largest absolute Gasteiger partial charge is 0.476 e. The van der Waals surface area contributed by atoms with Crippen molar-refractivity contribution in [2.75, 3.05) is 6.54 Å². The molecule has 0 saturated carbocycles. The third-order valence-corrected chi connectivity index (χ3v) is 4.28. The molecule has 1 amide bonds. The van der Waals surface area contributed by atoms with E-state index in [4.69, 9.17) is 11.5 Å². The molecule has 0 bridgehead atoms. The normalized spacial score (nSPS) is 17.4. The quantitative estimate of drug-likeness (QED) is 0.772. The third-order valence-electron chi connectivity index (χ3n) is 4.28. The Bertz CT molecular complexity index is 709. The summed E-state index contributed by atoms with van der Waals surface area (Å²) in [6.07, 6.45) is 7.96. The van der Waals surface area contributed by atoms with Crippen LogP contribution in [0.1, 0.15) is 47.4 Å². The van der Waals surface area contributed by atoms with Crippen LogP contribution in [-0.4, -0.2) is 44.3 Å². The topological polar surface area (TPSA) is 111 Å². The van der Waals surface area contributed by atoms with E-state index in [-0.39, 0.29) is 18.1 Å². The molecule has 8 nitrogen and oxygen atoms in total. The molecule has 0 saturated heterocycles. The number of amides is 1. The van der Waals surface area contributed by atoms with E-state index in [0.717, 1.165) is 5.69 Å². The van der Waals surface area contributed by atoms with E-state index in [1.807, 2.05) is 0 Å². The molecule has 2 aliphatic rings. The van der Waals surface area contributed by atoms with Crippen LogP contribution in [0.25, 0.3) is 0 Å². The molecule has 3 heterocycles. The average Bonchev–Trinajstić information content (AvgIpc) is 3.19. The number of hydrogen-bond acceptors (Lipinski definition) is 5. The zero-order chi connectivity index (χ0) is 16.4. The van der Waals surface area contributed by atoms with Crippen LogP contribution in [0.15, 0.2) is 10.2 Å². The van der Waals surface area contributed by atoms with Crippen LogP contribution in [-0.2, 0) is 17.8 Å². The first-order chi connectivity index (χ1) is 11.0. The molecule has 2 aliphatic heterocycles. The number of aromatic amines is 1. The minimum atomic E-state index is -1.08. The van der Waals surface area contributed by atoms with E-state index in [2.05, 4.69) is 26.3 Å². The second kappa shape index (κ2) is 5.83. The molecule has 0 spiro atoms. The van der Waals surface area contributed by atoms with Crippen LogP contribution >= 0.6 is 0 Å². The Morgan fingerprint density at radius 1 is 1.39 bits per heavy atom. The number of rotatable bonds is 6.